The van der Waals surface area contributed by atoms with E-state index >= 15 is 0 Å². The topological polar surface area (TPSA) is 36.7 Å². The molecule has 6 heteroatoms. The summed E-state index contributed by atoms with van der Waals surface area (Å²) in [5.74, 6) is 0. The van der Waals surface area contributed by atoms with Gasteiger partial charge in [0.2, 0.25) is 0 Å². The van der Waals surface area contributed by atoms with E-state index in [1.54, 1.807) is 0 Å². The van der Waals surface area contributed by atoms with Crippen LogP contribution in [0, 0.1) is 11.3 Å². The van der Waals surface area contributed by atoms with Gasteiger partial charge in [-0.25, -0.2) is 13.8 Å². The molecule has 0 amide bonds. The van der Waals surface area contributed by atoms with Gasteiger partial charge in [0, 0.05) is 16.5 Å². The van der Waals surface area contributed by atoms with E-state index in [1.165, 1.54) is 6.07 Å². The predicted molar refractivity (Wildman–Crippen MR) is 58.8 cm³/mol. The van der Waals surface area contributed by atoms with Gasteiger partial charge in [0.15, 0.2) is 0 Å². The zero-order valence-corrected chi connectivity index (χ0v) is 10.6. The van der Waals surface area contributed by atoms with Crippen molar-refractivity contribution >= 4 is 31.9 Å². The van der Waals surface area contributed by atoms with E-state index in [-0.39, 0.29) is 12.0 Å². The molecule has 0 aliphatic heterocycles. The monoisotopic (exact) mass is 338 g/mol. The molecule has 0 N–H and O–H groups in total. The van der Waals surface area contributed by atoms with Crippen molar-refractivity contribution in [2.24, 2.45) is 0 Å². The maximum absolute atomic E-state index is 12.7. The lowest BCUT2D eigenvalue weighted by molar-refractivity contribution is 0.150. The second-order valence-electron chi connectivity index (χ2n) is 2.74. The first kappa shape index (κ1) is 12.5. The van der Waals surface area contributed by atoms with Crippen LogP contribution >= 0.6 is 31.9 Å². The van der Waals surface area contributed by atoms with Gasteiger partial charge in [0.25, 0.3) is 6.43 Å². The first-order valence-corrected chi connectivity index (χ1v) is 5.90. The van der Waals surface area contributed by atoms with Crippen LogP contribution in [-0.4, -0.2) is 4.98 Å². The Kier molecular flexibility index (Phi) is 4.61. The smallest absolute Gasteiger partial charge is 0.245 e. The summed E-state index contributed by atoms with van der Waals surface area (Å²) in [5.41, 5.74) is 0.690. The molecule has 80 valence electrons. The Morgan fingerprint density at radius 2 is 2.20 bits per heavy atom. The summed E-state index contributed by atoms with van der Waals surface area (Å²) in [4.78, 5) is 4.01. The molecule has 1 aromatic rings. The molecule has 0 radical (unpaired) electrons. The Labute approximate surface area is 103 Å². The van der Waals surface area contributed by atoms with Gasteiger partial charge in [-0.2, -0.15) is 5.26 Å². The van der Waals surface area contributed by atoms with Crippen molar-refractivity contribution < 1.29 is 8.78 Å². The standard InChI is InChI=1S/C9H6Br2F2N2/c10-4-7-6(9(12)13)3-5(1-2-14)15-8(7)11/h3,9H,1,4H2. The number of hydrogen-bond acceptors (Lipinski definition) is 2. The largest absolute Gasteiger partial charge is 0.264 e. The molecule has 0 saturated carbocycles. The fourth-order valence-corrected chi connectivity index (χ4v) is 2.67. The van der Waals surface area contributed by atoms with E-state index in [9.17, 15) is 8.78 Å². The summed E-state index contributed by atoms with van der Waals surface area (Å²) in [7, 11) is 0. The molecule has 0 spiro atoms. The third kappa shape index (κ3) is 2.95. The van der Waals surface area contributed by atoms with Crippen molar-refractivity contribution in [3.8, 4) is 6.07 Å². The summed E-state index contributed by atoms with van der Waals surface area (Å²) in [6.07, 6.45) is -2.53. The highest BCUT2D eigenvalue weighted by Gasteiger charge is 2.17. The van der Waals surface area contributed by atoms with Gasteiger partial charge in [0.1, 0.15) is 4.60 Å². The second kappa shape index (κ2) is 5.52. The number of rotatable bonds is 3. The maximum Gasteiger partial charge on any atom is 0.264 e. The molecule has 0 aliphatic rings. The first-order valence-electron chi connectivity index (χ1n) is 3.99. The highest BCUT2D eigenvalue weighted by molar-refractivity contribution is 9.10. The fourth-order valence-electron chi connectivity index (χ4n) is 1.11. The predicted octanol–water partition coefficient (Wildman–Crippen LogP) is 3.74. The van der Waals surface area contributed by atoms with Gasteiger partial charge >= 0.3 is 0 Å². The van der Waals surface area contributed by atoms with E-state index in [1.807, 2.05) is 6.07 Å². The normalized spacial score (nSPS) is 10.4. The average Bonchev–Trinajstić information content (AvgIpc) is 2.17. The Hall–Kier alpha value is -0.540. The van der Waals surface area contributed by atoms with Crippen LogP contribution < -0.4 is 0 Å². The average molecular weight is 340 g/mol. The van der Waals surface area contributed by atoms with Crippen LogP contribution in [0.5, 0.6) is 0 Å². The molecule has 0 atom stereocenters. The zero-order valence-electron chi connectivity index (χ0n) is 7.48. The summed E-state index contributed by atoms with van der Waals surface area (Å²) in [6.45, 7) is 0. The van der Waals surface area contributed by atoms with Crippen LogP contribution in [0.2, 0.25) is 0 Å². The van der Waals surface area contributed by atoms with Crippen molar-refractivity contribution in [3.63, 3.8) is 0 Å². The lowest BCUT2D eigenvalue weighted by atomic mass is 10.1. The van der Waals surface area contributed by atoms with Crippen molar-refractivity contribution in [3.05, 3.63) is 27.5 Å². The molecule has 0 unspecified atom stereocenters. The molecule has 0 aromatic carbocycles. The summed E-state index contributed by atoms with van der Waals surface area (Å²) in [5, 5.41) is 8.76. The molecule has 0 bridgehead atoms. The van der Waals surface area contributed by atoms with Gasteiger partial charge in [-0.05, 0) is 22.0 Å². The Bertz CT molecular complexity index is 402. The van der Waals surface area contributed by atoms with E-state index in [2.05, 4.69) is 36.8 Å². The highest BCUT2D eigenvalue weighted by Crippen LogP contribution is 2.30. The van der Waals surface area contributed by atoms with Gasteiger partial charge in [-0.3, -0.25) is 0 Å². The maximum atomic E-state index is 12.7. The Morgan fingerprint density at radius 1 is 1.53 bits per heavy atom. The van der Waals surface area contributed by atoms with Crippen LogP contribution in [0.1, 0.15) is 23.2 Å². The van der Waals surface area contributed by atoms with Crippen molar-refractivity contribution in [2.45, 2.75) is 18.2 Å². The minimum Gasteiger partial charge on any atom is -0.245 e. The molecule has 1 aromatic heterocycles. The third-order valence-electron chi connectivity index (χ3n) is 1.79. The molecule has 0 saturated heterocycles. The van der Waals surface area contributed by atoms with E-state index in [4.69, 9.17) is 5.26 Å². The van der Waals surface area contributed by atoms with Crippen molar-refractivity contribution in [1.29, 1.82) is 5.26 Å². The molecular formula is C9H6Br2F2N2. The molecule has 2 nitrogen and oxygen atoms in total. The number of hydrogen-bond donors (Lipinski definition) is 0. The Morgan fingerprint density at radius 3 is 2.67 bits per heavy atom. The van der Waals surface area contributed by atoms with Gasteiger partial charge < -0.3 is 0 Å². The SMILES string of the molecule is N#CCc1cc(C(F)F)c(CBr)c(Br)n1. The second-order valence-corrected chi connectivity index (χ2v) is 4.05. The minimum atomic E-state index is -2.56. The number of alkyl halides is 3. The Balaban J connectivity index is 3.27. The van der Waals surface area contributed by atoms with E-state index < -0.39 is 6.43 Å². The number of nitrogens with zero attached hydrogens (tertiary/aromatic N) is 2. The van der Waals surface area contributed by atoms with Crippen LogP contribution in [-0.2, 0) is 11.8 Å². The van der Waals surface area contributed by atoms with Crippen LogP contribution in [0.15, 0.2) is 10.7 Å². The van der Waals surface area contributed by atoms with Gasteiger partial charge in [0.05, 0.1) is 18.2 Å². The lowest BCUT2D eigenvalue weighted by Gasteiger charge is -2.09. The minimum absolute atomic E-state index is 0.0287. The number of aromatic nitrogens is 1. The van der Waals surface area contributed by atoms with E-state index in [0.29, 0.717) is 21.2 Å². The third-order valence-corrected chi connectivity index (χ3v) is 3.01. The first-order chi connectivity index (χ1) is 7.10. The van der Waals surface area contributed by atoms with Crippen molar-refractivity contribution in [1.82, 2.24) is 4.98 Å². The molecular weight excluding hydrogens is 334 g/mol. The lowest BCUT2D eigenvalue weighted by Crippen LogP contribution is -2.00. The molecule has 0 fully saturated rings. The zero-order chi connectivity index (χ0) is 11.4. The van der Waals surface area contributed by atoms with Crippen LogP contribution in [0.4, 0.5) is 8.78 Å². The van der Waals surface area contributed by atoms with E-state index in [0.717, 1.165) is 0 Å². The summed E-state index contributed by atoms with van der Waals surface area (Å²) in [6, 6.07) is 3.15. The number of pyridine rings is 1. The van der Waals surface area contributed by atoms with Gasteiger partial charge in [-0.1, -0.05) is 15.9 Å². The highest BCUT2D eigenvalue weighted by atomic mass is 79.9. The van der Waals surface area contributed by atoms with Crippen LogP contribution in [0.25, 0.3) is 0 Å². The van der Waals surface area contributed by atoms with Crippen molar-refractivity contribution in [2.75, 3.05) is 0 Å². The summed E-state index contributed by atoms with van der Waals surface area (Å²) < 4.78 is 25.7. The molecule has 1 heterocycles. The quantitative estimate of drug-likeness (QED) is 0.621. The molecule has 15 heavy (non-hydrogen) atoms. The number of nitriles is 1. The summed E-state index contributed by atoms with van der Waals surface area (Å²) >= 11 is 6.24. The number of halogens is 4. The van der Waals surface area contributed by atoms with Crippen LogP contribution in [0.3, 0.4) is 0 Å². The molecule has 1 rings (SSSR count). The molecule has 0 aliphatic carbocycles. The fraction of sp³-hybridized carbons (Fsp3) is 0.333. The van der Waals surface area contributed by atoms with Gasteiger partial charge in [-0.15, -0.1) is 0 Å².